The summed E-state index contributed by atoms with van der Waals surface area (Å²) in [5.41, 5.74) is 4.22. The first-order valence-corrected chi connectivity index (χ1v) is 12.9. The molecule has 1 saturated heterocycles. The number of rotatable bonds is 9. The number of carbonyl (C=O) groups is 1. The van der Waals surface area contributed by atoms with Crippen LogP contribution in [0.3, 0.4) is 0 Å². The minimum atomic E-state index is -3.73. The van der Waals surface area contributed by atoms with Crippen molar-refractivity contribution >= 4 is 15.9 Å². The molecule has 8 nitrogen and oxygen atoms in total. The van der Waals surface area contributed by atoms with Crippen molar-refractivity contribution in [3.05, 3.63) is 82.7 Å². The second kappa shape index (κ2) is 10.5. The SMILES string of the molecule is Cc1nn(Cc2ccccc2)c(C)c1CNC(=O)c1cccc(S(=O)(=O)NCC2CCCO2)c1. The Hall–Kier alpha value is -3.01. The molecular formula is C25H30N4O4S. The van der Waals surface area contributed by atoms with E-state index in [0.29, 0.717) is 19.7 Å². The number of hydrogen-bond acceptors (Lipinski definition) is 5. The van der Waals surface area contributed by atoms with E-state index in [1.54, 1.807) is 12.1 Å². The lowest BCUT2D eigenvalue weighted by atomic mass is 10.1. The van der Waals surface area contributed by atoms with Crippen molar-refractivity contribution in [2.24, 2.45) is 0 Å². The maximum Gasteiger partial charge on any atom is 0.251 e. The molecule has 2 aromatic carbocycles. The number of aryl methyl sites for hydroxylation is 1. The van der Waals surface area contributed by atoms with Gasteiger partial charge in [0.1, 0.15) is 0 Å². The highest BCUT2D eigenvalue weighted by Crippen LogP contribution is 2.17. The molecule has 1 aliphatic heterocycles. The van der Waals surface area contributed by atoms with E-state index < -0.39 is 10.0 Å². The fourth-order valence-electron chi connectivity index (χ4n) is 4.07. The van der Waals surface area contributed by atoms with Gasteiger partial charge in [0, 0.05) is 36.5 Å². The number of ether oxygens (including phenoxy) is 1. The van der Waals surface area contributed by atoms with Gasteiger partial charge in [0.25, 0.3) is 5.91 Å². The van der Waals surface area contributed by atoms with Crippen molar-refractivity contribution in [1.29, 1.82) is 0 Å². The lowest BCUT2D eigenvalue weighted by Crippen LogP contribution is -2.32. The van der Waals surface area contributed by atoms with Gasteiger partial charge in [-0.15, -0.1) is 0 Å². The highest BCUT2D eigenvalue weighted by Gasteiger charge is 2.21. The molecule has 0 saturated carbocycles. The van der Waals surface area contributed by atoms with Crippen molar-refractivity contribution in [1.82, 2.24) is 19.8 Å². The van der Waals surface area contributed by atoms with Crippen LogP contribution in [0.4, 0.5) is 0 Å². The van der Waals surface area contributed by atoms with Gasteiger partial charge in [0.05, 0.1) is 23.2 Å². The fraction of sp³-hybridized carbons (Fsp3) is 0.360. The first-order chi connectivity index (χ1) is 16.3. The van der Waals surface area contributed by atoms with E-state index in [-0.39, 0.29) is 29.0 Å². The van der Waals surface area contributed by atoms with E-state index in [1.165, 1.54) is 12.1 Å². The van der Waals surface area contributed by atoms with Gasteiger partial charge in [-0.05, 0) is 50.5 Å². The van der Waals surface area contributed by atoms with E-state index in [9.17, 15) is 13.2 Å². The second-order valence-electron chi connectivity index (χ2n) is 8.49. The summed E-state index contributed by atoms with van der Waals surface area (Å²) in [5.74, 6) is -0.342. The molecule has 0 radical (unpaired) electrons. The highest BCUT2D eigenvalue weighted by molar-refractivity contribution is 7.89. The van der Waals surface area contributed by atoms with Crippen LogP contribution in [0.2, 0.25) is 0 Å². The van der Waals surface area contributed by atoms with E-state index in [1.807, 2.05) is 36.7 Å². The molecular weight excluding hydrogens is 452 g/mol. The Balaban J connectivity index is 1.40. The Bertz CT molecular complexity index is 1250. The average molecular weight is 483 g/mol. The molecule has 34 heavy (non-hydrogen) atoms. The van der Waals surface area contributed by atoms with Gasteiger partial charge in [-0.2, -0.15) is 5.10 Å². The Kier molecular flexibility index (Phi) is 7.45. The number of sulfonamides is 1. The van der Waals surface area contributed by atoms with Crippen LogP contribution >= 0.6 is 0 Å². The Morgan fingerprint density at radius 2 is 1.94 bits per heavy atom. The third kappa shape index (κ3) is 5.72. The molecule has 2 N–H and O–H groups in total. The van der Waals surface area contributed by atoms with Gasteiger partial charge in [0.2, 0.25) is 10.0 Å². The van der Waals surface area contributed by atoms with Crippen LogP contribution in [0.15, 0.2) is 59.5 Å². The Morgan fingerprint density at radius 3 is 2.68 bits per heavy atom. The van der Waals surface area contributed by atoms with E-state index in [4.69, 9.17) is 4.74 Å². The van der Waals surface area contributed by atoms with Crippen LogP contribution in [0.5, 0.6) is 0 Å². The number of hydrogen-bond donors (Lipinski definition) is 2. The summed E-state index contributed by atoms with van der Waals surface area (Å²) in [6.45, 7) is 5.75. The Morgan fingerprint density at radius 1 is 1.15 bits per heavy atom. The summed E-state index contributed by atoms with van der Waals surface area (Å²) in [4.78, 5) is 12.9. The first kappa shape index (κ1) is 24.1. The third-order valence-electron chi connectivity index (χ3n) is 6.06. The average Bonchev–Trinajstić information content (AvgIpc) is 3.45. The topological polar surface area (TPSA) is 102 Å². The van der Waals surface area contributed by atoms with Gasteiger partial charge in [-0.3, -0.25) is 9.48 Å². The molecule has 1 aromatic heterocycles. The molecule has 3 aromatic rings. The molecule has 1 aliphatic rings. The zero-order valence-electron chi connectivity index (χ0n) is 19.5. The highest BCUT2D eigenvalue weighted by atomic mass is 32.2. The molecule has 2 heterocycles. The lowest BCUT2D eigenvalue weighted by Gasteiger charge is -2.12. The summed E-state index contributed by atoms with van der Waals surface area (Å²) >= 11 is 0. The first-order valence-electron chi connectivity index (χ1n) is 11.4. The number of nitrogens with one attached hydrogen (secondary N) is 2. The summed E-state index contributed by atoms with van der Waals surface area (Å²) in [5, 5.41) is 7.53. The lowest BCUT2D eigenvalue weighted by molar-refractivity contribution is 0.0950. The second-order valence-corrected chi connectivity index (χ2v) is 10.3. The monoisotopic (exact) mass is 482 g/mol. The standard InChI is InChI=1S/C25H30N4O4S/c1-18-24(19(2)29(28-18)17-20-8-4-3-5-9-20)16-26-25(30)21-10-6-12-23(14-21)34(31,32)27-15-22-11-7-13-33-22/h3-6,8-10,12,14,22,27H,7,11,13,15-17H2,1-2H3,(H,26,30). The Labute approximate surface area is 200 Å². The maximum atomic E-state index is 12.8. The zero-order chi connectivity index (χ0) is 24.1. The van der Waals surface area contributed by atoms with E-state index in [0.717, 1.165) is 35.4 Å². The molecule has 1 unspecified atom stereocenters. The fourth-order valence-corrected chi connectivity index (χ4v) is 5.18. The van der Waals surface area contributed by atoms with Gasteiger partial charge in [-0.25, -0.2) is 13.1 Å². The van der Waals surface area contributed by atoms with Crippen LogP contribution in [-0.2, 0) is 27.8 Å². The number of carbonyl (C=O) groups excluding carboxylic acids is 1. The van der Waals surface area contributed by atoms with Crippen LogP contribution in [0.1, 0.15) is 45.7 Å². The summed E-state index contributed by atoms with van der Waals surface area (Å²) in [6.07, 6.45) is 1.67. The molecule has 0 aliphatic carbocycles. The van der Waals surface area contributed by atoms with Gasteiger partial charge in [-0.1, -0.05) is 36.4 Å². The smallest absolute Gasteiger partial charge is 0.251 e. The van der Waals surface area contributed by atoms with Crippen molar-refractivity contribution < 1.29 is 17.9 Å². The molecule has 0 spiro atoms. The number of nitrogens with zero attached hydrogens (tertiary/aromatic N) is 2. The summed E-state index contributed by atoms with van der Waals surface area (Å²) in [6, 6.07) is 16.1. The van der Waals surface area contributed by atoms with Gasteiger partial charge in [0.15, 0.2) is 0 Å². The van der Waals surface area contributed by atoms with Crippen molar-refractivity contribution in [3.63, 3.8) is 0 Å². The number of amides is 1. The van der Waals surface area contributed by atoms with Gasteiger partial charge >= 0.3 is 0 Å². The largest absolute Gasteiger partial charge is 0.377 e. The number of benzene rings is 2. The van der Waals surface area contributed by atoms with Crippen LogP contribution in [-0.4, -0.2) is 43.4 Å². The molecule has 1 atom stereocenters. The predicted molar refractivity (Wildman–Crippen MR) is 129 cm³/mol. The number of aromatic nitrogens is 2. The van der Waals surface area contributed by atoms with Crippen LogP contribution in [0, 0.1) is 13.8 Å². The minimum Gasteiger partial charge on any atom is -0.377 e. The molecule has 1 fully saturated rings. The zero-order valence-corrected chi connectivity index (χ0v) is 20.3. The van der Waals surface area contributed by atoms with Crippen molar-refractivity contribution in [2.75, 3.05) is 13.2 Å². The minimum absolute atomic E-state index is 0.0567. The molecule has 9 heteroatoms. The quantitative estimate of drug-likeness (QED) is 0.488. The normalized spacial score (nSPS) is 16.0. The van der Waals surface area contributed by atoms with Gasteiger partial charge < -0.3 is 10.1 Å². The van der Waals surface area contributed by atoms with Crippen LogP contribution in [0.25, 0.3) is 0 Å². The third-order valence-corrected chi connectivity index (χ3v) is 7.49. The molecule has 4 rings (SSSR count). The van der Waals surface area contributed by atoms with Crippen molar-refractivity contribution in [3.8, 4) is 0 Å². The molecule has 0 bridgehead atoms. The maximum absolute atomic E-state index is 12.8. The van der Waals surface area contributed by atoms with Crippen molar-refractivity contribution in [2.45, 2.75) is 50.8 Å². The van der Waals surface area contributed by atoms with E-state index in [2.05, 4.69) is 27.3 Å². The summed E-state index contributed by atoms with van der Waals surface area (Å²) < 4.78 is 35.3. The predicted octanol–water partition coefficient (Wildman–Crippen LogP) is 2.94. The van der Waals surface area contributed by atoms with E-state index >= 15 is 0 Å². The molecule has 1 amide bonds. The molecule has 180 valence electrons. The summed E-state index contributed by atoms with van der Waals surface area (Å²) in [7, 11) is -3.73. The van der Waals surface area contributed by atoms with Crippen LogP contribution < -0.4 is 10.0 Å².